The largest absolute Gasteiger partial charge is 0.357 e. The second kappa shape index (κ2) is 5.46. The van der Waals surface area contributed by atoms with Gasteiger partial charge in [0.1, 0.15) is 5.82 Å². The van der Waals surface area contributed by atoms with Crippen LogP contribution in [0.15, 0.2) is 53.1 Å². The lowest BCUT2D eigenvalue weighted by Gasteiger charge is -2.11. The number of fused-ring (bicyclic) bond motifs is 1. The molecule has 0 amide bonds. The van der Waals surface area contributed by atoms with Crippen molar-refractivity contribution in [2.75, 3.05) is 17.7 Å². The summed E-state index contributed by atoms with van der Waals surface area (Å²) in [6.07, 6.45) is 1.73. The van der Waals surface area contributed by atoms with Crippen LogP contribution in [0.25, 0.3) is 10.8 Å². The molecule has 0 saturated carbocycles. The van der Waals surface area contributed by atoms with Crippen molar-refractivity contribution in [3.05, 3.63) is 53.1 Å². The molecule has 1 heterocycles. The van der Waals surface area contributed by atoms with Gasteiger partial charge in [-0.25, -0.2) is 4.98 Å². The number of hydrogen-bond donors (Lipinski definition) is 2. The maximum absolute atomic E-state index is 4.41. The first-order valence-electron chi connectivity index (χ1n) is 6.23. The Bertz CT molecular complexity index is 752. The highest BCUT2D eigenvalue weighted by Gasteiger charge is 2.06. The second-order valence-electron chi connectivity index (χ2n) is 4.29. The van der Waals surface area contributed by atoms with E-state index in [0.717, 1.165) is 21.4 Å². The summed E-state index contributed by atoms with van der Waals surface area (Å²) in [5, 5.41) is 8.64. The third-order valence-electron chi connectivity index (χ3n) is 3.01. The first kappa shape index (κ1) is 12.9. The zero-order valence-corrected chi connectivity index (χ0v) is 12.5. The van der Waals surface area contributed by atoms with Gasteiger partial charge in [-0.2, -0.15) is 4.98 Å². The lowest BCUT2D eigenvalue weighted by Crippen LogP contribution is -2.01. The average Bonchev–Trinajstić information content (AvgIpc) is 2.50. The Kier molecular flexibility index (Phi) is 3.52. The maximum Gasteiger partial charge on any atom is 0.224 e. The molecule has 0 bridgehead atoms. The molecule has 3 aromatic rings. The van der Waals surface area contributed by atoms with E-state index in [1.54, 1.807) is 13.2 Å². The van der Waals surface area contributed by atoms with Crippen molar-refractivity contribution < 1.29 is 0 Å². The zero-order chi connectivity index (χ0) is 13.9. The predicted molar refractivity (Wildman–Crippen MR) is 86.5 cm³/mol. The minimum absolute atomic E-state index is 0.580. The first-order chi connectivity index (χ1) is 9.78. The van der Waals surface area contributed by atoms with Crippen molar-refractivity contribution >= 4 is 44.2 Å². The summed E-state index contributed by atoms with van der Waals surface area (Å²) in [6, 6.07) is 14.4. The molecule has 0 saturated heterocycles. The second-order valence-corrected chi connectivity index (χ2v) is 5.15. The summed E-state index contributed by atoms with van der Waals surface area (Å²) in [6.45, 7) is 0. The van der Waals surface area contributed by atoms with E-state index in [4.69, 9.17) is 0 Å². The predicted octanol–water partition coefficient (Wildman–Crippen LogP) is 4.18. The SMILES string of the molecule is CNc1ncc(Br)c(Nc2cccc3ccccc23)n1. The van der Waals surface area contributed by atoms with Gasteiger partial charge in [-0.15, -0.1) is 0 Å². The van der Waals surface area contributed by atoms with Crippen LogP contribution in [0, 0.1) is 0 Å². The van der Waals surface area contributed by atoms with Gasteiger partial charge in [0.15, 0.2) is 0 Å². The van der Waals surface area contributed by atoms with E-state index >= 15 is 0 Å². The number of halogens is 1. The summed E-state index contributed by atoms with van der Waals surface area (Å²) in [4.78, 5) is 8.56. The Morgan fingerprint density at radius 1 is 1.05 bits per heavy atom. The highest BCUT2D eigenvalue weighted by atomic mass is 79.9. The topological polar surface area (TPSA) is 49.8 Å². The first-order valence-corrected chi connectivity index (χ1v) is 7.02. The molecule has 4 nitrogen and oxygen atoms in total. The lowest BCUT2D eigenvalue weighted by atomic mass is 10.1. The van der Waals surface area contributed by atoms with Gasteiger partial charge in [-0.05, 0) is 27.4 Å². The van der Waals surface area contributed by atoms with Crippen LogP contribution in [-0.2, 0) is 0 Å². The Morgan fingerprint density at radius 3 is 2.70 bits per heavy atom. The Balaban J connectivity index is 2.05. The normalized spacial score (nSPS) is 10.5. The molecular formula is C15H13BrN4. The van der Waals surface area contributed by atoms with Gasteiger partial charge in [-0.1, -0.05) is 36.4 Å². The highest BCUT2D eigenvalue weighted by Crippen LogP contribution is 2.29. The summed E-state index contributed by atoms with van der Waals surface area (Å²) < 4.78 is 0.824. The number of anilines is 3. The Hall–Kier alpha value is -2.14. The van der Waals surface area contributed by atoms with Crippen molar-refractivity contribution in [1.82, 2.24) is 9.97 Å². The van der Waals surface area contributed by atoms with E-state index < -0.39 is 0 Å². The molecule has 2 aromatic carbocycles. The van der Waals surface area contributed by atoms with Crippen molar-refractivity contribution in [3.8, 4) is 0 Å². The van der Waals surface area contributed by atoms with Gasteiger partial charge in [0.05, 0.1) is 4.47 Å². The molecule has 20 heavy (non-hydrogen) atoms. The minimum Gasteiger partial charge on any atom is -0.357 e. The van der Waals surface area contributed by atoms with E-state index in [1.807, 2.05) is 24.3 Å². The monoisotopic (exact) mass is 328 g/mol. The molecule has 0 aliphatic heterocycles. The smallest absolute Gasteiger partial charge is 0.224 e. The Morgan fingerprint density at radius 2 is 1.85 bits per heavy atom. The molecule has 0 aliphatic rings. The molecule has 0 spiro atoms. The van der Waals surface area contributed by atoms with Crippen molar-refractivity contribution in [3.63, 3.8) is 0 Å². The van der Waals surface area contributed by atoms with Crippen molar-refractivity contribution in [2.45, 2.75) is 0 Å². The van der Waals surface area contributed by atoms with E-state index in [-0.39, 0.29) is 0 Å². The summed E-state index contributed by atoms with van der Waals surface area (Å²) in [5.74, 6) is 1.32. The molecule has 5 heteroatoms. The number of hydrogen-bond acceptors (Lipinski definition) is 4. The molecule has 0 radical (unpaired) electrons. The summed E-state index contributed by atoms with van der Waals surface area (Å²) in [5.41, 5.74) is 1.02. The van der Waals surface area contributed by atoms with Gasteiger partial charge in [0.25, 0.3) is 0 Å². The summed E-state index contributed by atoms with van der Waals surface area (Å²) in [7, 11) is 1.80. The van der Waals surface area contributed by atoms with E-state index in [2.05, 4.69) is 54.7 Å². The van der Waals surface area contributed by atoms with Crippen LogP contribution in [0.3, 0.4) is 0 Å². The van der Waals surface area contributed by atoms with Crippen LogP contribution in [0.1, 0.15) is 0 Å². The quantitative estimate of drug-likeness (QED) is 0.757. The fourth-order valence-corrected chi connectivity index (χ4v) is 2.33. The van der Waals surface area contributed by atoms with Gasteiger partial charge in [0, 0.05) is 24.3 Å². The standard InChI is InChI=1S/C15H13BrN4/c1-17-15-18-9-12(16)14(20-15)19-13-8-4-6-10-5-2-3-7-11(10)13/h2-9H,1H3,(H2,17,18,19,20). The molecule has 0 unspecified atom stereocenters. The van der Waals surface area contributed by atoms with Crippen LogP contribution >= 0.6 is 15.9 Å². The van der Waals surface area contributed by atoms with Gasteiger partial charge in [-0.3, -0.25) is 0 Å². The van der Waals surface area contributed by atoms with E-state index in [9.17, 15) is 0 Å². The van der Waals surface area contributed by atoms with E-state index in [0.29, 0.717) is 5.95 Å². The number of rotatable bonds is 3. The Labute approximate surface area is 125 Å². The minimum atomic E-state index is 0.580. The highest BCUT2D eigenvalue weighted by molar-refractivity contribution is 9.10. The number of benzene rings is 2. The molecule has 0 aliphatic carbocycles. The van der Waals surface area contributed by atoms with Crippen molar-refractivity contribution in [1.29, 1.82) is 0 Å². The fourth-order valence-electron chi connectivity index (χ4n) is 2.04. The molecule has 2 N–H and O–H groups in total. The third kappa shape index (κ3) is 2.44. The van der Waals surface area contributed by atoms with Crippen LogP contribution in [0.2, 0.25) is 0 Å². The molecule has 0 atom stereocenters. The number of nitrogens with one attached hydrogen (secondary N) is 2. The molecule has 1 aromatic heterocycles. The summed E-state index contributed by atoms with van der Waals surface area (Å²) >= 11 is 3.47. The van der Waals surface area contributed by atoms with Crippen LogP contribution in [0.4, 0.5) is 17.5 Å². The van der Waals surface area contributed by atoms with Crippen LogP contribution in [0.5, 0.6) is 0 Å². The lowest BCUT2D eigenvalue weighted by molar-refractivity contribution is 1.14. The van der Waals surface area contributed by atoms with Gasteiger partial charge >= 0.3 is 0 Å². The van der Waals surface area contributed by atoms with Crippen LogP contribution < -0.4 is 10.6 Å². The molecule has 100 valence electrons. The van der Waals surface area contributed by atoms with Gasteiger partial charge < -0.3 is 10.6 Å². The molecular weight excluding hydrogens is 316 g/mol. The maximum atomic E-state index is 4.41. The molecule has 0 fully saturated rings. The van der Waals surface area contributed by atoms with E-state index in [1.165, 1.54) is 5.39 Å². The fraction of sp³-hybridized carbons (Fsp3) is 0.0667. The van der Waals surface area contributed by atoms with Crippen molar-refractivity contribution in [2.24, 2.45) is 0 Å². The number of nitrogens with zero attached hydrogens (tertiary/aromatic N) is 2. The molecule has 3 rings (SSSR count). The average molecular weight is 329 g/mol. The number of aromatic nitrogens is 2. The van der Waals surface area contributed by atoms with Gasteiger partial charge in [0.2, 0.25) is 5.95 Å². The zero-order valence-electron chi connectivity index (χ0n) is 10.9. The van der Waals surface area contributed by atoms with Crippen LogP contribution in [-0.4, -0.2) is 17.0 Å². The third-order valence-corrected chi connectivity index (χ3v) is 3.59.